The van der Waals surface area contributed by atoms with Crippen molar-refractivity contribution < 1.29 is 0 Å². The summed E-state index contributed by atoms with van der Waals surface area (Å²) in [5.41, 5.74) is 4.73. The predicted molar refractivity (Wildman–Crippen MR) is 115 cm³/mol. The van der Waals surface area contributed by atoms with Gasteiger partial charge >= 0.3 is 5.69 Å². The van der Waals surface area contributed by atoms with Crippen molar-refractivity contribution in [1.82, 2.24) is 34.7 Å². The van der Waals surface area contributed by atoms with Crippen molar-refractivity contribution in [3.63, 3.8) is 0 Å². The second-order valence-corrected chi connectivity index (χ2v) is 7.56. The molecule has 1 N–H and O–H groups in total. The Labute approximate surface area is 174 Å². The summed E-state index contributed by atoms with van der Waals surface area (Å²) >= 11 is 0. The molecule has 0 bridgehead atoms. The minimum Gasteiger partial charge on any atom is -0.296 e. The van der Waals surface area contributed by atoms with Crippen LogP contribution in [0.5, 0.6) is 0 Å². The standard InChI is InChI=1S/C22H25N7O/c1-4-7-18-14-28(15(2)3)22(30)29(18)13-17-11-10-16(12-23-17)19-8-5-6-9-20(19)21-24-26-27-25-21/h5-6,8-12,14-15H,4,7,13H2,1-3H3,(H,24,25,26,27). The molecule has 0 aliphatic carbocycles. The zero-order chi connectivity index (χ0) is 21.1. The van der Waals surface area contributed by atoms with Gasteiger partial charge in [-0.2, -0.15) is 5.21 Å². The maximum atomic E-state index is 12.9. The number of aromatic nitrogens is 7. The number of benzene rings is 1. The summed E-state index contributed by atoms with van der Waals surface area (Å²) in [6, 6.07) is 12.0. The third-order valence-corrected chi connectivity index (χ3v) is 5.12. The zero-order valence-corrected chi connectivity index (χ0v) is 17.4. The number of pyridine rings is 1. The van der Waals surface area contributed by atoms with E-state index in [9.17, 15) is 4.79 Å². The number of hydrogen-bond acceptors (Lipinski definition) is 5. The molecular formula is C22H25N7O. The quantitative estimate of drug-likeness (QED) is 0.510. The lowest BCUT2D eigenvalue weighted by Crippen LogP contribution is -2.26. The van der Waals surface area contributed by atoms with Crippen LogP contribution < -0.4 is 5.69 Å². The first kappa shape index (κ1) is 19.8. The van der Waals surface area contributed by atoms with Gasteiger partial charge in [-0.05, 0) is 37.1 Å². The Morgan fingerprint density at radius 3 is 2.53 bits per heavy atom. The monoisotopic (exact) mass is 403 g/mol. The first-order chi connectivity index (χ1) is 14.6. The van der Waals surface area contributed by atoms with Gasteiger partial charge in [0.1, 0.15) is 0 Å². The number of rotatable bonds is 7. The topological polar surface area (TPSA) is 94.3 Å². The molecule has 0 saturated carbocycles. The van der Waals surface area contributed by atoms with Gasteiger partial charge in [0, 0.05) is 35.3 Å². The molecule has 0 fully saturated rings. The van der Waals surface area contributed by atoms with Crippen molar-refractivity contribution in [3.8, 4) is 22.5 Å². The van der Waals surface area contributed by atoms with E-state index >= 15 is 0 Å². The number of nitrogens with zero attached hydrogens (tertiary/aromatic N) is 6. The lowest BCUT2D eigenvalue weighted by Gasteiger charge is -2.09. The molecule has 154 valence electrons. The summed E-state index contributed by atoms with van der Waals surface area (Å²) in [5.74, 6) is 0.542. The van der Waals surface area contributed by atoms with E-state index in [2.05, 4.69) is 32.5 Å². The highest BCUT2D eigenvalue weighted by atomic mass is 16.1. The van der Waals surface area contributed by atoms with Crippen LogP contribution in [-0.2, 0) is 13.0 Å². The molecular weight excluding hydrogens is 378 g/mol. The minimum absolute atomic E-state index is 0.0155. The third kappa shape index (κ3) is 3.80. The van der Waals surface area contributed by atoms with Crippen LogP contribution in [0.15, 0.2) is 53.6 Å². The van der Waals surface area contributed by atoms with E-state index in [0.29, 0.717) is 12.4 Å². The van der Waals surface area contributed by atoms with E-state index in [0.717, 1.165) is 40.9 Å². The molecule has 8 heteroatoms. The second kappa shape index (κ2) is 8.44. The molecule has 4 aromatic rings. The van der Waals surface area contributed by atoms with Crippen molar-refractivity contribution in [3.05, 3.63) is 70.7 Å². The molecule has 8 nitrogen and oxygen atoms in total. The predicted octanol–water partition coefficient (Wildman–Crippen LogP) is 3.47. The smallest absolute Gasteiger partial charge is 0.296 e. The average molecular weight is 403 g/mol. The van der Waals surface area contributed by atoms with Crippen molar-refractivity contribution in [2.24, 2.45) is 0 Å². The van der Waals surface area contributed by atoms with Crippen LogP contribution >= 0.6 is 0 Å². The molecule has 0 saturated heterocycles. The van der Waals surface area contributed by atoms with E-state index in [1.54, 1.807) is 4.57 Å². The summed E-state index contributed by atoms with van der Waals surface area (Å²) in [7, 11) is 0. The van der Waals surface area contributed by atoms with Gasteiger partial charge in [-0.15, -0.1) is 10.2 Å². The average Bonchev–Trinajstić information content (AvgIpc) is 3.39. The number of hydrogen-bond donors (Lipinski definition) is 1. The van der Waals surface area contributed by atoms with Crippen LogP contribution in [0.2, 0.25) is 0 Å². The molecule has 0 aliphatic rings. The molecule has 3 heterocycles. The highest BCUT2D eigenvalue weighted by Crippen LogP contribution is 2.29. The number of aryl methyl sites for hydroxylation is 1. The zero-order valence-electron chi connectivity index (χ0n) is 17.4. The van der Waals surface area contributed by atoms with Gasteiger partial charge in [0.15, 0.2) is 0 Å². The van der Waals surface area contributed by atoms with Crippen molar-refractivity contribution in [2.45, 2.75) is 46.2 Å². The van der Waals surface area contributed by atoms with Crippen LogP contribution in [0.25, 0.3) is 22.5 Å². The third-order valence-electron chi connectivity index (χ3n) is 5.12. The number of nitrogens with one attached hydrogen (secondary N) is 1. The van der Waals surface area contributed by atoms with E-state index in [1.165, 1.54) is 0 Å². The fourth-order valence-electron chi connectivity index (χ4n) is 3.59. The van der Waals surface area contributed by atoms with Crippen molar-refractivity contribution >= 4 is 0 Å². The first-order valence-corrected chi connectivity index (χ1v) is 10.2. The van der Waals surface area contributed by atoms with Crippen molar-refractivity contribution in [1.29, 1.82) is 0 Å². The van der Waals surface area contributed by atoms with Gasteiger partial charge in [-0.3, -0.25) is 14.1 Å². The lowest BCUT2D eigenvalue weighted by atomic mass is 10.0. The number of tetrazole rings is 1. The second-order valence-electron chi connectivity index (χ2n) is 7.56. The Hall–Kier alpha value is -3.55. The molecule has 0 radical (unpaired) electrons. The summed E-state index contributed by atoms with van der Waals surface area (Å²) in [6.07, 6.45) is 5.66. The molecule has 30 heavy (non-hydrogen) atoms. The van der Waals surface area contributed by atoms with Crippen LogP contribution in [0, 0.1) is 0 Å². The Morgan fingerprint density at radius 2 is 1.90 bits per heavy atom. The molecule has 0 atom stereocenters. The summed E-state index contributed by atoms with van der Waals surface area (Å²) in [5, 5.41) is 14.3. The van der Waals surface area contributed by atoms with Crippen molar-refractivity contribution in [2.75, 3.05) is 0 Å². The largest absolute Gasteiger partial charge is 0.328 e. The van der Waals surface area contributed by atoms with E-state index in [4.69, 9.17) is 0 Å². The van der Waals surface area contributed by atoms with Gasteiger partial charge in [-0.1, -0.05) is 43.7 Å². The molecule has 0 unspecified atom stereocenters. The summed E-state index contributed by atoms with van der Waals surface area (Å²) in [4.78, 5) is 17.5. The van der Waals surface area contributed by atoms with Crippen LogP contribution in [0.3, 0.4) is 0 Å². The first-order valence-electron chi connectivity index (χ1n) is 10.2. The Morgan fingerprint density at radius 1 is 1.10 bits per heavy atom. The highest BCUT2D eigenvalue weighted by molar-refractivity contribution is 5.79. The van der Waals surface area contributed by atoms with Crippen LogP contribution in [-0.4, -0.2) is 34.7 Å². The van der Waals surface area contributed by atoms with Gasteiger partial charge in [-0.25, -0.2) is 4.79 Å². The maximum absolute atomic E-state index is 12.9. The number of aromatic amines is 1. The summed E-state index contributed by atoms with van der Waals surface area (Å²) < 4.78 is 3.62. The Kier molecular flexibility index (Phi) is 5.56. The number of H-pyrrole nitrogens is 1. The number of imidazole rings is 1. The molecule has 0 spiro atoms. The maximum Gasteiger partial charge on any atom is 0.328 e. The summed E-state index contributed by atoms with van der Waals surface area (Å²) in [6.45, 7) is 6.63. The minimum atomic E-state index is 0.0155. The van der Waals surface area contributed by atoms with E-state index < -0.39 is 0 Å². The molecule has 0 aliphatic heterocycles. The van der Waals surface area contributed by atoms with Crippen LogP contribution in [0.4, 0.5) is 0 Å². The Balaban J connectivity index is 1.65. The molecule has 1 aromatic carbocycles. The van der Waals surface area contributed by atoms with Gasteiger partial charge < -0.3 is 0 Å². The Bertz CT molecular complexity index is 1170. The van der Waals surface area contributed by atoms with Gasteiger partial charge in [0.05, 0.1) is 12.2 Å². The van der Waals surface area contributed by atoms with Gasteiger partial charge in [0.25, 0.3) is 0 Å². The SMILES string of the molecule is CCCc1cn(C(C)C)c(=O)n1Cc1ccc(-c2ccccc2-c2nn[nH]n2)cn1. The lowest BCUT2D eigenvalue weighted by molar-refractivity contribution is 0.558. The normalized spacial score (nSPS) is 11.3. The van der Waals surface area contributed by atoms with E-state index in [-0.39, 0.29) is 11.7 Å². The molecule has 4 rings (SSSR count). The van der Waals surface area contributed by atoms with Crippen LogP contribution in [0.1, 0.15) is 44.6 Å². The highest BCUT2D eigenvalue weighted by Gasteiger charge is 2.14. The molecule has 3 aromatic heterocycles. The fraction of sp³-hybridized carbons (Fsp3) is 0.318. The van der Waals surface area contributed by atoms with Gasteiger partial charge in [0.2, 0.25) is 5.82 Å². The van der Waals surface area contributed by atoms with E-state index in [1.807, 2.05) is 67.2 Å². The fourth-order valence-corrected chi connectivity index (χ4v) is 3.59. The molecule has 0 amide bonds.